The molecule has 0 aliphatic heterocycles. The number of hydrogen-bond donors (Lipinski definition) is 1. The van der Waals surface area contributed by atoms with Crippen molar-refractivity contribution in [1.29, 1.82) is 0 Å². The summed E-state index contributed by atoms with van der Waals surface area (Å²) in [6.07, 6.45) is -2.82. The molecule has 1 heterocycles. The lowest BCUT2D eigenvalue weighted by Gasteiger charge is -2.23. The van der Waals surface area contributed by atoms with Gasteiger partial charge in [-0.2, -0.15) is 13.2 Å². The first kappa shape index (κ1) is 33.4. The van der Waals surface area contributed by atoms with Crippen molar-refractivity contribution in [2.45, 2.75) is 51.8 Å². The molecule has 12 heteroatoms. The minimum atomic E-state index is -4.68. The van der Waals surface area contributed by atoms with E-state index in [9.17, 15) is 31.2 Å². The summed E-state index contributed by atoms with van der Waals surface area (Å²) >= 11 is 0. The van der Waals surface area contributed by atoms with Crippen LogP contribution in [0.2, 0.25) is 0 Å². The van der Waals surface area contributed by atoms with Gasteiger partial charge in [0, 0.05) is 43.2 Å². The van der Waals surface area contributed by atoms with E-state index in [2.05, 4.69) is 10.3 Å². The molecule has 1 aromatic heterocycles. The van der Waals surface area contributed by atoms with Crippen LogP contribution in [0.3, 0.4) is 0 Å². The summed E-state index contributed by atoms with van der Waals surface area (Å²) in [6, 6.07) is 13.6. The third-order valence-corrected chi connectivity index (χ3v) is 9.26. The molecule has 0 saturated carbocycles. The summed E-state index contributed by atoms with van der Waals surface area (Å²) in [7, 11) is -1.95. The van der Waals surface area contributed by atoms with Crippen molar-refractivity contribution in [3.05, 3.63) is 101 Å². The molecule has 4 aromatic rings. The zero-order valence-electron chi connectivity index (χ0n) is 25.7. The van der Waals surface area contributed by atoms with Gasteiger partial charge >= 0.3 is 12.1 Å². The van der Waals surface area contributed by atoms with E-state index in [0.717, 1.165) is 6.07 Å². The number of sulfone groups is 1. The lowest BCUT2D eigenvalue weighted by molar-refractivity contribution is -0.145. The van der Waals surface area contributed by atoms with Crippen molar-refractivity contribution in [3.63, 3.8) is 0 Å². The van der Waals surface area contributed by atoms with Gasteiger partial charge in [0.1, 0.15) is 0 Å². The van der Waals surface area contributed by atoms with E-state index in [1.54, 1.807) is 24.7 Å². The highest BCUT2D eigenvalue weighted by molar-refractivity contribution is 7.91. The van der Waals surface area contributed by atoms with Gasteiger partial charge in [0.2, 0.25) is 0 Å². The van der Waals surface area contributed by atoms with Crippen LogP contribution in [-0.2, 0) is 32.6 Å². The molecule has 0 spiro atoms. The molecule has 1 unspecified atom stereocenters. The minimum Gasteiger partial charge on any atom is -0.449 e. The summed E-state index contributed by atoms with van der Waals surface area (Å²) in [5.41, 5.74) is -0.435. The quantitative estimate of drug-likeness (QED) is 0.205. The fourth-order valence-electron chi connectivity index (χ4n) is 5.11. The van der Waals surface area contributed by atoms with E-state index in [-0.39, 0.29) is 44.4 Å². The zero-order chi connectivity index (χ0) is 33.3. The van der Waals surface area contributed by atoms with Gasteiger partial charge in [-0.25, -0.2) is 13.4 Å². The molecule has 3 aromatic carbocycles. The first-order chi connectivity index (χ1) is 20.9. The molecule has 1 atom stereocenters. The third kappa shape index (κ3) is 7.80. The fraction of sp³-hybridized carbons (Fsp3) is 0.303. The Morgan fingerprint density at radius 2 is 1.69 bits per heavy atom. The molecule has 45 heavy (non-hydrogen) atoms. The van der Waals surface area contributed by atoms with E-state index >= 15 is 0 Å². The van der Waals surface area contributed by atoms with Gasteiger partial charge in [-0.15, -0.1) is 0 Å². The van der Waals surface area contributed by atoms with Crippen molar-refractivity contribution in [1.82, 2.24) is 9.55 Å². The number of benzene rings is 3. The van der Waals surface area contributed by atoms with Crippen LogP contribution in [0, 0.1) is 12.3 Å². The SMILES string of the molecule is CC(=O)OC(c1cc(NC(=O)c2ccc(S(=O)(=O)CC(C)(C)C)c(C)c2)ccc1-c1ccccc1C(F)(F)F)c1nccn1C. The number of anilines is 1. The molecule has 0 aliphatic carbocycles. The van der Waals surface area contributed by atoms with Crippen LogP contribution in [-0.4, -0.2) is 35.6 Å². The zero-order valence-corrected chi connectivity index (χ0v) is 26.5. The monoisotopic (exact) mass is 641 g/mol. The molecular weight excluding hydrogens is 607 g/mol. The first-order valence-corrected chi connectivity index (χ1v) is 15.6. The van der Waals surface area contributed by atoms with E-state index in [0.29, 0.717) is 5.56 Å². The van der Waals surface area contributed by atoms with Gasteiger partial charge in [0.05, 0.1) is 16.2 Å². The number of aryl methyl sites for hydroxylation is 2. The van der Waals surface area contributed by atoms with E-state index in [1.165, 1.54) is 67.7 Å². The molecule has 0 radical (unpaired) electrons. The maximum Gasteiger partial charge on any atom is 0.417 e. The van der Waals surface area contributed by atoms with Crippen molar-refractivity contribution >= 4 is 27.4 Å². The Morgan fingerprint density at radius 3 is 2.27 bits per heavy atom. The Kier molecular flexibility index (Phi) is 9.30. The number of nitrogens with zero attached hydrogens (tertiary/aromatic N) is 2. The molecule has 0 fully saturated rings. The molecule has 0 saturated heterocycles. The van der Waals surface area contributed by atoms with Crippen LogP contribution >= 0.6 is 0 Å². The second kappa shape index (κ2) is 12.5. The highest BCUT2D eigenvalue weighted by Crippen LogP contribution is 2.42. The van der Waals surface area contributed by atoms with Gasteiger partial charge < -0.3 is 14.6 Å². The van der Waals surface area contributed by atoms with Crippen molar-refractivity contribution in [3.8, 4) is 11.1 Å². The summed E-state index contributed by atoms with van der Waals surface area (Å²) in [5, 5.41) is 2.74. The van der Waals surface area contributed by atoms with Crippen LogP contribution in [0.4, 0.5) is 18.9 Å². The number of carbonyl (C=O) groups is 2. The van der Waals surface area contributed by atoms with Crippen LogP contribution in [0.15, 0.2) is 78.0 Å². The Labute approximate surface area is 260 Å². The Bertz CT molecular complexity index is 1860. The van der Waals surface area contributed by atoms with Crippen LogP contribution in [0.5, 0.6) is 0 Å². The van der Waals surface area contributed by atoms with Crippen LogP contribution in [0.25, 0.3) is 11.1 Å². The number of amides is 1. The predicted molar refractivity (Wildman–Crippen MR) is 164 cm³/mol. The third-order valence-electron chi connectivity index (χ3n) is 6.89. The molecule has 238 valence electrons. The standard InChI is InChI=1S/C33H34F3N3O5S/c1-20-17-22(11-14-28(20)45(42,43)19-32(3,4)5)31(41)38-23-12-13-24(25-9-7-8-10-27(25)33(34,35)36)26(18-23)29(44-21(2)40)30-37-15-16-39(30)6/h7-18,29H,19H2,1-6H3,(H,38,41). The molecule has 8 nitrogen and oxygen atoms in total. The van der Waals surface area contributed by atoms with Crippen molar-refractivity contribution in [2.24, 2.45) is 12.5 Å². The second-order valence-corrected chi connectivity index (χ2v) is 13.9. The topological polar surface area (TPSA) is 107 Å². The Balaban J connectivity index is 1.80. The number of alkyl halides is 3. The highest BCUT2D eigenvalue weighted by Gasteiger charge is 2.35. The van der Waals surface area contributed by atoms with Gasteiger partial charge in [-0.05, 0) is 65.4 Å². The number of halogens is 3. The second-order valence-electron chi connectivity index (χ2n) is 12.0. The minimum absolute atomic E-state index is 0.0710. The summed E-state index contributed by atoms with van der Waals surface area (Å²) in [6.45, 7) is 8.25. The largest absolute Gasteiger partial charge is 0.449 e. The van der Waals surface area contributed by atoms with E-state index in [1.807, 2.05) is 20.8 Å². The summed E-state index contributed by atoms with van der Waals surface area (Å²) in [5.74, 6) is -1.08. The number of carbonyl (C=O) groups excluding carboxylic acids is 2. The van der Waals surface area contributed by atoms with Crippen LogP contribution in [0.1, 0.15) is 66.7 Å². The maximum atomic E-state index is 14.1. The number of aromatic nitrogens is 2. The molecule has 0 bridgehead atoms. The smallest absolute Gasteiger partial charge is 0.417 e. The highest BCUT2D eigenvalue weighted by atomic mass is 32.2. The molecule has 1 amide bonds. The van der Waals surface area contributed by atoms with Crippen molar-refractivity contribution < 1.29 is 35.9 Å². The van der Waals surface area contributed by atoms with Gasteiger partial charge in [0.25, 0.3) is 5.91 Å². The van der Waals surface area contributed by atoms with Crippen molar-refractivity contribution in [2.75, 3.05) is 11.1 Å². The number of hydrogen-bond acceptors (Lipinski definition) is 6. The van der Waals surface area contributed by atoms with Gasteiger partial charge in [-0.3, -0.25) is 9.59 Å². The van der Waals surface area contributed by atoms with E-state index < -0.39 is 45.0 Å². The average Bonchev–Trinajstić information content (AvgIpc) is 3.35. The number of imidazole rings is 1. The summed E-state index contributed by atoms with van der Waals surface area (Å²) < 4.78 is 75.3. The first-order valence-electron chi connectivity index (χ1n) is 14.0. The van der Waals surface area contributed by atoms with E-state index in [4.69, 9.17) is 4.74 Å². The lowest BCUT2D eigenvalue weighted by atomic mass is 9.91. The molecule has 0 aliphatic rings. The maximum absolute atomic E-state index is 14.1. The molecule has 1 N–H and O–H groups in total. The predicted octanol–water partition coefficient (Wildman–Crippen LogP) is 7.14. The fourth-order valence-corrected chi connectivity index (χ4v) is 7.23. The Hall–Kier alpha value is -4.45. The van der Waals surface area contributed by atoms with Crippen LogP contribution < -0.4 is 5.32 Å². The average molecular weight is 642 g/mol. The number of esters is 1. The lowest BCUT2D eigenvalue weighted by Crippen LogP contribution is -2.22. The number of ether oxygens (including phenoxy) is 1. The molecular formula is C33H34F3N3O5S. The molecule has 4 rings (SSSR count). The number of rotatable bonds is 8. The normalized spacial score (nSPS) is 12.9. The Morgan fingerprint density at radius 1 is 1.00 bits per heavy atom. The number of nitrogens with one attached hydrogen (secondary N) is 1. The van der Waals surface area contributed by atoms with Gasteiger partial charge in [-0.1, -0.05) is 45.0 Å². The summed E-state index contributed by atoms with van der Waals surface area (Å²) in [4.78, 5) is 29.9. The van der Waals surface area contributed by atoms with Gasteiger partial charge in [0.15, 0.2) is 21.8 Å².